The molecule has 1 aliphatic rings. The minimum Gasteiger partial charge on any atom is -0.454 e. The maximum Gasteiger partial charge on any atom is 0.244 e. The predicted molar refractivity (Wildman–Crippen MR) is 154 cm³/mol. The van der Waals surface area contributed by atoms with Crippen LogP contribution in [0.15, 0.2) is 66.7 Å². The van der Waals surface area contributed by atoms with Gasteiger partial charge < -0.3 is 19.7 Å². The second-order valence-corrected chi connectivity index (χ2v) is 11.9. The van der Waals surface area contributed by atoms with Gasteiger partial charge in [0.05, 0.1) is 11.9 Å². The molecule has 0 unspecified atom stereocenters. The first kappa shape index (κ1) is 29.5. The molecular formula is C28H29Cl2N3O6S. The lowest BCUT2D eigenvalue weighted by molar-refractivity contribution is -0.140. The molecule has 2 amide bonds. The molecule has 1 N–H and O–H groups in total. The van der Waals surface area contributed by atoms with Gasteiger partial charge in [-0.1, -0.05) is 59.6 Å². The molecule has 1 heterocycles. The Bertz CT molecular complexity index is 1490. The zero-order valence-corrected chi connectivity index (χ0v) is 24.3. The minimum absolute atomic E-state index is 0.0138. The van der Waals surface area contributed by atoms with Crippen molar-refractivity contribution < 1.29 is 27.5 Å². The minimum atomic E-state index is -3.92. The molecule has 0 saturated carbocycles. The van der Waals surface area contributed by atoms with Gasteiger partial charge in [0.1, 0.15) is 12.6 Å². The molecule has 0 aromatic heterocycles. The van der Waals surface area contributed by atoms with Gasteiger partial charge in [-0.05, 0) is 42.3 Å². The highest BCUT2D eigenvalue weighted by Crippen LogP contribution is 2.36. The number of nitrogens with zero attached hydrogens (tertiary/aromatic N) is 2. The molecule has 0 saturated heterocycles. The van der Waals surface area contributed by atoms with Crippen molar-refractivity contribution in [3.05, 3.63) is 87.9 Å². The number of hydrogen-bond donors (Lipinski definition) is 1. The van der Waals surface area contributed by atoms with Gasteiger partial charge in [0.15, 0.2) is 11.5 Å². The number of sulfonamides is 1. The summed E-state index contributed by atoms with van der Waals surface area (Å²) < 4.78 is 37.5. The van der Waals surface area contributed by atoms with Crippen LogP contribution in [-0.4, -0.2) is 57.3 Å². The van der Waals surface area contributed by atoms with E-state index in [1.807, 2.05) is 30.3 Å². The summed E-state index contributed by atoms with van der Waals surface area (Å²) in [6.07, 6.45) is 1.21. The molecule has 12 heteroatoms. The van der Waals surface area contributed by atoms with Gasteiger partial charge in [-0.3, -0.25) is 13.9 Å². The Hall–Kier alpha value is -3.47. The van der Waals surface area contributed by atoms with Crippen molar-refractivity contribution in [1.29, 1.82) is 0 Å². The fraction of sp³-hybridized carbons (Fsp3) is 0.286. The van der Waals surface area contributed by atoms with Crippen molar-refractivity contribution in [1.82, 2.24) is 10.2 Å². The maximum atomic E-state index is 14.0. The van der Waals surface area contributed by atoms with Crippen molar-refractivity contribution in [3.63, 3.8) is 0 Å². The van der Waals surface area contributed by atoms with E-state index >= 15 is 0 Å². The second kappa shape index (κ2) is 12.8. The zero-order chi connectivity index (χ0) is 28.9. The second-order valence-electron chi connectivity index (χ2n) is 9.16. The Kier molecular flexibility index (Phi) is 9.44. The molecule has 1 aliphatic heterocycles. The van der Waals surface area contributed by atoms with E-state index in [0.717, 1.165) is 16.1 Å². The SMILES string of the molecule is CCNC(=O)[C@H](Cc1ccccc1)N(Cc1ccc(Cl)cc1Cl)C(=O)CN(c1ccc2c(c1)OCO2)S(C)(=O)=O. The monoisotopic (exact) mass is 605 g/mol. The number of ether oxygens (including phenoxy) is 2. The Morgan fingerprint density at radius 2 is 1.73 bits per heavy atom. The summed E-state index contributed by atoms with van der Waals surface area (Å²) in [6.45, 7) is 1.53. The molecule has 3 aromatic carbocycles. The van der Waals surface area contributed by atoms with Gasteiger partial charge >= 0.3 is 0 Å². The van der Waals surface area contributed by atoms with Crippen molar-refractivity contribution in [3.8, 4) is 11.5 Å². The zero-order valence-electron chi connectivity index (χ0n) is 22.0. The lowest BCUT2D eigenvalue weighted by Gasteiger charge is -2.33. The highest BCUT2D eigenvalue weighted by molar-refractivity contribution is 7.92. The summed E-state index contributed by atoms with van der Waals surface area (Å²) in [7, 11) is -3.92. The van der Waals surface area contributed by atoms with Crippen LogP contribution < -0.4 is 19.1 Å². The van der Waals surface area contributed by atoms with Crippen LogP contribution in [-0.2, 0) is 32.6 Å². The van der Waals surface area contributed by atoms with Gasteiger partial charge in [-0.2, -0.15) is 0 Å². The number of nitrogens with one attached hydrogen (secondary N) is 1. The van der Waals surface area contributed by atoms with E-state index in [2.05, 4.69) is 5.32 Å². The average Bonchev–Trinajstić information content (AvgIpc) is 3.38. The van der Waals surface area contributed by atoms with Crippen LogP contribution in [0.4, 0.5) is 5.69 Å². The number of carbonyl (C=O) groups is 2. The molecule has 40 heavy (non-hydrogen) atoms. The fourth-order valence-electron chi connectivity index (χ4n) is 4.33. The number of rotatable bonds is 11. The van der Waals surface area contributed by atoms with E-state index in [-0.39, 0.29) is 31.4 Å². The van der Waals surface area contributed by atoms with Crippen LogP contribution in [0.1, 0.15) is 18.1 Å². The third-order valence-electron chi connectivity index (χ3n) is 6.30. The van der Waals surface area contributed by atoms with Gasteiger partial charge in [-0.15, -0.1) is 0 Å². The molecule has 0 radical (unpaired) electrons. The smallest absolute Gasteiger partial charge is 0.244 e. The van der Waals surface area contributed by atoms with Gasteiger partial charge in [0.25, 0.3) is 0 Å². The van der Waals surface area contributed by atoms with E-state index in [4.69, 9.17) is 32.7 Å². The van der Waals surface area contributed by atoms with Crippen LogP contribution in [0.25, 0.3) is 0 Å². The molecule has 212 valence electrons. The normalized spacial score (nSPS) is 13.0. The van der Waals surface area contributed by atoms with Crippen molar-refractivity contribution in [2.75, 3.05) is 30.4 Å². The molecule has 4 rings (SSSR count). The number of anilines is 1. The number of halogens is 2. The Balaban J connectivity index is 1.74. The first-order valence-electron chi connectivity index (χ1n) is 12.5. The quantitative estimate of drug-likeness (QED) is 0.350. The molecule has 1 atom stereocenters. The first-order chi connectivity index (χ1) is 19.1. The summed E-state index contributed by atoms with van der Waals surface area (Å²) in [5, 5.41) is 3.54. The maximum absolute atomic E-state index is 14.0. The van der Waals surface area contributed by atoms with E-state index in [0.29, 0.717) is 33.7 Å². The highest BCUT2D eigenvalue weighted by Gasteiger charge is 2.33. The number of hydrogen-bond acceptors (Lipinski definition) is 6. The Labute approximate surface area is 243 Å². The van der Waals surface area contributed by atoms with Gasteiger partial charge in [-0.25, -0.2) is 8.42 Å². The first-order valence-corrected chi connectivity index (χ1v) is 15.1. The van der Waals surface area contributed by atoms with Crippen LogP contribution in [0.3, 0.4) is 0 Å². The molecule has 3 aromatic rings. The predicted octanol–water partition coefficient (Wildman–Crippen LogP) is 4.26. The van der Waals surface area contributed by atoms with Crippen molar-refractivity contribution in [2.45, 2.75) is 25.9 Å². The molecule has 0 bridgehead atoms. The van der Waals surface area contributed by atoms with Gasteiger partial charge in [0.2, 0.25) is 28.6 Å². The van der Waals surface area contributed by atoms with Crippen LogP contribution >= 0.6 is 23.2 Å². The Morgan fingerprint density at radius 1 is 1.00 bits per heavy atom. The summed E-state index contributed by atoms with van der Waals surface area (Å²) in [5.41, 5.74) is 1.60. The summed E-state index contributed by atoms with van der Waals surface area (Å²) in [6, 6.07) is 17.8. The molecule has 9 nitrogen and oxygen atoms in total. The topological polar surface area (TPSA) is 105 Å². The standard InChI is InChI=1S/C28H29Cl2N3O6S/c1-3-31-28(35)24(13-19-7-5-4-6-8-19)32(16-20-9-10-21(29)14-23(20)30)27(34)17-33(40(2,36)37)22-11-12-25-26(15-22)39-18-38-25/h4-12,14-15,24H,3,13,16-18H2,1-2H3,(H,31,35)/t24-/m0/s1. The number of amides is 2. The van der Waals surface area contributed by atoms with Crippen molar-refractivity contribution in [2.24, 2.45) is 0 Å². The summed E-state index contributed by atoms with van der Waals surface area (Å²) in [5.74, 6) is -0.130. The summed E-state index contributed by atoms with van der Waals surface area (Å²) >= 11 is 12.5. The van der Waals surface area contributed by atoms with E-state index < -0.39 is 28.5 Å². The van der Waals surface area contributed by atoms with Crippen LogP contribution in [0, 0.1) is 0 Å². The number of fused-ring (bicyclic) bond motifs is 1. The van der Waals surface area contributed by atoms with Crippen LogP contribution in [0.2, 0.25) is 10.0 Å². The molecular weight excluding hydrogens is 577 g/mol. The lowest BCUT2D eigenvalue weighted by Crippen LogP contribution is -2.53. The van der Waals surface area contributed by atoms with Crippen molar-refractivity contribution >= 4 is 50.7 Å². The molecule has 0 fully saturated rings. The molecule has 0 aliphatic carbocycles. The lowest BCUT2D eigenvalue weighted by atomic mass is 10.0. The number of benzene rings is 3. The average molecular weight is 607 g/mol. The largest absolute Gasteiger partial charge is 0.454 e. The van der Waals surface area contributed by atoms with E-state index in [9.17, 15) is 18.0 Å². The third kappa shape index (κ3) is 7.18. The van der Waals surface area contributed by atoms with E-state index in [1.54, 1.807) is 31.2 Å². The van der Waals surface area contributed by atoms with Gasteiger partial charge in [0, 0.05) is 35.6 Å². The number of likely N-dealkylation sites (N-methyl/N-ethyl adjacent to an activating group) is 1. The third-order valence-corrected chi connectivity index (χ3v) is 8.03. The Morgan fingerprint density at radius 3 is 2.40 bits per heavy atom. The fourth-order valence-corrected chi connectivity index (χ4v) is 5.64. The highest BCUT2D eigenvalue weighted by atomic mass is 35.5. The van der Waals surface area contributed by atoms with Crippen LogP contribution in [0.5, 0.6) is 11.5 Å². The van der Waals surface area contributed by atoms with E-state index in [1.165, 1.54) is 17.0 Å². The summed E-state index contributed by atoms with van der Waals surface area (Å²) in [4.78, 5) is 28.8. The molecule has 0 spiro atoms. The number of carbonyl (C=O) groups excluding carboxylic acids is 2.